The maximum Gasteiger partial charge on any atom is 0.244 e. The van der Waals surface area contributed by atoms with Gasteiger partial charge in [-0.05, 0) is 41.3 Å². The first-order chi connectivity index (χ1) is 13.6. The fraction of sp³-hybridized carbons (Fsp3) is 0.250. The van der Waals surface area contributed by atoms with Crippen molar-refractivity contribution < 1.29 is 9.59 Å². The molecular weight excluding hydrogens is 348 g/mol. The highest BCUT2D eigenvalue weighted by Crippen LogP contribution is 2.17. The Balaban J connectivity index is 1.67. The molecule has 2 amide bonds. The molecule has 0 saturated carbocycles. The normalized spacial score (nSPS) is 10.6. The number of carbonyl (C=O) groups is 2. The number of nitrogens with zero attached hydrogens (tertiary/aromatic N) is 1. The van der Waals surface area contributed by atoms with Crippen LogP contribution in [0.4, 0.5) is 5.69 Å². The molecular formula is C24H26N2O2. The molecule has 4 heteroatoms. The molecule has 3 aromatic carbocycles. The maximum absolute atomic E-state index is 12.8. The van der Waals surface area contributed by atoms with E-state index in [1.54, 1.807) is 4.90 Å². The number of hydrogen-bond donors (Lipinski definition) is 1. The summed E-state index contributed by atoms with van der Waals surface area (Å²) in [7, 11) is 0. The molecule has 0 spiro atoms. The van der Waals surface area contributed by atoms with Gasteiger partial charge < -0.3 is 10.2 Å². The molecule has 0 bridgehead atoms. The number of para-hydroxylation sites is 1. The van der Waals surface area contributed by atoms with E-state index in [1.165, 1.54) is 0 Å². The fourth-order valence-electron chi connectivity index (χ4n) is 3.27. The number of rotatable bonds is 7. The van der Waals surface area contributed by atoms with Crippen LogP contribution in [0.25, 0.3) is 10.8 Å². The van der Waals surface area contributed by atoms with E-state index in [1.807, 2.05) is 74.5 Å². The Morgan fingerprint density at radius 1 is 0.929 bits per heavy atom. The minimum absolute atomic E-state index is 0.0305. The first-order valence-electron chi connectivity index (χ1n) is 9.67. The van der Waals surface area contributed by atoms with Crippen LogP contribution in [0.3, 0.4) is 0 Å². The molecule has 4 nitrogen and oxygen atoms in total. The van der Waals surface area contributed by atoms with Crippen LogP contribution in [0, 0.1) is 6.92 Å². The standard InChI is InChI=1S/C24H26N2O2/c1-3-14-26(17-23(27)25-22-11-7-4-8-18(22)2)24(28)16-19-12-13-20-9-5-6-10-21(20)15-19/h4-13,15H,3,14,16-17H2,1-2H3,(H,25,27). The quantitative estimate of drug-likeness (QED) is 0.659. The highest BCUT2D eigenvalue weighted by Gasteiger charge is 2.17. The van der Waals surface area contributed by atoms with Crippen molar-refractivity contribution in [3.8, 4) is 0 Å². The van der Waals surface area contributed by atoms with Crippen LogP contribution in [-0.2, 0) is 16.0 Å². The van der Waals surface area contributed by atoms with E-state index in [2.05, 4.69) is 11.4 Å². The van der Waals surface area contributed by atoms with Gasteiger partial charge in [-0.2, -0.15) is 0 Å². The van der Waals surface area contributed by atoms with E-state index >= 15 is 0 Å². The zero-order chi connectivity index (χ0) is 19.9. The molecule has 0 radical (unpaired) electrons. The van der Waals surface area contributed by atoms with Gasteiger partial charge in [-0.1, -0.05) is 67.6 Å². The van der Waals surface area contributed by atoms with Gasteiger partial charge in [-0.3, -0.25) is 9.59 Å². The summed E-state index contributed by atoms with van der Waals surface area (Å²) in [5, 5.41) is 5.18. The molecule has 0 unspecified atom stereocenters. The van der Waals surface area contributed by atoms with Gasteiger partial charge in [0.2, 0.25) is 11.8 Å². The van der Waals surface area contributed by atoms with Crippen LogP contribution < -0.4 is 5.32 Å². The Morgan fingerprint density at radius 2 is 1.64 bits per heavy atom. The third kappa shape index (κ3) is 4.97. The van der Waals surface area contributed by atoms with E-state index in [0.29, 0.717) is 13.0 Å². The SMILES string of the molecule is CCCN(CC(=O)Nc1ccccc1C)C(=O)Cc1ccc2ccccc2c1. The Kier molecular flexibility index (Phi) is 6.43. The topological polar surface area (TPSA) is 49.4 Å². The van der Waals surface area contributed by atoms with Crippen LogP contribution in [0.5, 0.6) is 0 Å². The highest BCUT2D eigenvalue weighted by molar-refractivity contribution is 5.95. The predicted octanol–water partition coefficient (Wildman–Crippen LogP) is 4.57. The summed E-state index contributed by atoms with van der Waals surface area (Å²) in [5.41, 5.74) is 2.75. The van der Waals surface area contributed by atoms with Crippen molar-refractivity contribution in [1.82, 2.24) is 4.90 Å². The van der Waals surface area contributed by atoms with Crippen LogP contribution >= 0.6 is 0 Å². The van der Waals surface area contributed by atoms with Gasteiger partial charge in [0.15, 0.2) is 0 Å². The highest BCUT2D eigenvalue weighted by atomic mass is 16.2. The molecule has 1 N–H and O–H groups in total. The zero-order valence-corrected chi connectivity index (χ0v) is 16.4. The second kappa shape index (κ2) is 9.18. The summed E-state index contributed by atoms with van der Waals surface area (Å²) in [4.78, 5) is 27.0. The van der Waals surface area contributed by atoms with Crippen molar-refractivity contribution in [3.63, 3.8) is 0 Å². The average molecular weight is 374 g/mol. The minimum Gasteiger partial charge on any atom is -0.333 e. The molecule has 0 heterocycles. The largest absolute Gasteiger partial charge is 0.333 e. The summed E-state index contributed by atoms with van der Waals surface area (Å²) in [6.45, 7) is 4.59. The summed E-state index contributed by atoms with van der Waals surface area (Å²) in [6.07, 6.45) is 1.10. The van der Waals surface area contributed by atoms with Gasteiger partial charge in [0.05, 0.1) is 13.0 Å². The van der Waals surface area contributed by atoms with Crippen LogP contribution in [0.2, 0.25) is 0 Å². The Labute approximate surface area is 166 Å². The minimum atomic E-state index is -0.172. The van der Waals surface area contributed by atoms with Crippen LogP contribution in [-0.4, -0.2) is 29.8 Å². The Hall–Kier alpha value is -3.14. The number of amides is 2. The second-order valence-electron chi connectivity index (χ2n) is 7.04. The van der Waals surface area contributed by atoms with Gasteiger partial charge in [0.1, 0.15) is 0 Å². The number of hydrogen-bond acceptors (Lipinski definition) is 2. The van der Waals surface area contributed by atoms with Gasteiger partial charge in [0.25, 0.3) is 0 Å². The number of fused-ring (bicyclic) bond motifs is 1. The molecule has 0 saturated heterocycles. The summed E-state index contributed by atoms with van der Waals surface area (Å²) < 4.78 is 0. The number of anilines is 1. The van der Waals surface area contributed by atoms with E-state index < -0.39 is 0 Å². The molecule has 28 heavy (non-hydrogen) atoms. The maximum atomic E-state index is 12.8. The van der Waals surface area contributed by atoms with Crippen molar-refractivity contribution in [2.45, 2.75) is 26.7 Å². The van der Waals surface area contributed by atoms with Gasteiger partial charge in [-0.25, -0.2) is 0 Å². The molecule has 0 aliphatic carbocycles. The molecule has 0 aliphatic heterocycles. The predicted molar refractivity (Wildman–Crippen MR) is 114 cm³/mol. The molecule has 0 fully saturated rings. The lowest BCUT2D eigenvalue weighted by Crippen LogP contribution is -2.39. The van der Waals surface area contributed by atoms with Crippen molar-refractivity contribution in [2.24, 2.45) is 0 Å². The molecule has 0 atom stereocenters. The third-order valence-corrected chi connectivity index (χ3v) is 4.77. The zero-order valence-electron chi connectivity index (χ0n) is 16.4. The first-order valence-corrected chi connectivity index (χ1v) is 9.67. The molecule has 0 aromatic heterocycles. The Bertz CT molecular complexity index is 981. The number of nitrogens with one attached hydrogen (secondary N) is 1. The average Bonchev–Trinajstić information content (AvgIpc) is 2.69. The van der Waals surface area contributed by atoms with Gasteiger partial charge in [-0.15, -0.1) is 0 Å². The van der Waals surface area contributed by atoms with Crippen molar-refractivity contribution in [1.29, 1.82) is 0 Å². The third-order valence-electron chi connectivity index (χ3n) is 4.77. The van der Waals surface area contributed by atoms with Crippen LogP contribution in [0.15, 0.2) is 66.7 Å². The van der Waals surface area contributed by atoms with Crippen molar-refractivity contribution >= 4 is 28.3 Å². The van der Waals surface area contributed by atoms with Gasteiger partial charge in [0, 0.05) is 12.2 Å². The van der Waals surface area contributed by atoms with Crippen molar-refractivity contribution in [2.75, 3.05) is 18.4 Å². The summed E-state index contributed by atoms with van der Waals surface area (Å²) >= 11 is 0. The summed E-state index contributed by atoms with van der Waals surface area (Å²) in [5.74, 6) is -0.202. The lowest BCUT2D eigenvalue weighted by atomic mass is 10.0. The second-order valence-corrected chi connectivity index (χ2v) is 7.04. The van der Waals surface area contributed by atoms with E-state index in [0.717, 1.165) is 34.0 Å². The smallest absolute Gasteiger partial charge is 0.244 e. The van der Waals surface area contributed by atoms with E-state index in [-0.39, 0.29) is 18.4 Å². The number of aryl methyl sites for hydroxylation is 1. The first kappa shape index (κ1) is 19.6. The van der Waals surface area contributed by atoms with Crippen molar-refractivity contribution in [3.05, 3.63) is 77.9 Å². The van der Waals surface area contributed by atoms with Gasteiger partial charge >= 0.3 is 0 Å². The molecule has 0 aliphatic rings. The van der Waals surface area contributed by atoms with E-state index in [4.69, 9.17) is 0 Å². The summed E-state index contributed by atoms with van der Waals surface area (Å²) in [6, 6.07) is 21.8. The van der Waals surface area contributed by atoms with E-state index in [9.17, 15) is 9.59 Å². The number of benzene rings is 3. The number of carbonyl (C=O) groups excluding carboxylic acids is 2. The molecule has 144 valence electrons. The monoisotopic (exact) mass is 374 g/mol. The van der Waals surface area contributed by atoms with Crippen LogP contribution in [0.1, 0.15) is 24.5 Å². The lowest BCUT2D eigenvalue weighted by Gasteiger charge is -2.22. The fourth-order valence-corrected chi connectivity index (χ4v) is 3.27. The molecule has 3 rings (SSSR count). The Morgan fingerprint density at radius 3 is 2.39 bits per heavy atom. The lowest BCUT2D eigenvalue weighted by molar-refractivity contribution is -0.134. The molecule has 3 aromatic rings.